The summed E-state index contributed by atoms with van der Waals surface area (Å²) in [5.74, 6) is 1.29. The van der Waals surface area contributed by atoms with Crippen molar-refractivity contribution in [3.8, 4) is 6.07 Å². The molecule has 1 N–H and O–H groups in total. The lowest BCUT2D eigenvalue weighted by Crippen LogP contribution is -2.13. The fourth-order valence-corrected chi connectivity index (χ4v) is 5.16. The Morgan fingerprint density at radius 1 is 1.06 bits per heavy atom. The van der Waals surface area contributed by atoms with Gasteiger partial charge in [0.25, 0.3) is 5.91 Å². The third-order valence-corrected chi connectivity index (χ3v) is 7.28. The molecule has 1 amide bonds. The smallest absolute Gasteiger partial charge is 0.268 e. The number of hydrogen-bond donors (Lipinski definition) is 1. The number of carbonyl (C=O) groups excluding carboxylic acids is 1. The second kappa shape index (κ2) is 11.9. The summed E-state index contributed by atoms with van der Waals surface area (Å²) in [6.45, 7) is 0. The van der Waals surface area contributed by atoms with Gasteiger partial charge in [0.2, 0.25) is 10.3 Å². The van der Waals surface area contributed by atoms with E-state index in [0.717, 1.165) is 28.4 Å². The van der Waals surface area contributed by atoms with Gasteiger partial charge < -0.3 is 4.42 Å². The van der Waals surface area contributed by atoms with E-state index < -0.39 is 5.91 Å². The van der Waals surface area contributed by atoms with Crippen LogP contribution in [0.2, 0.25) is 5.02 Å². The van der Waals surface area contributed by atoms with E-state index in [1.165, 1.54) is 29.6 Å². The van der Waals surface area contributed by atoms with Crippen LogP contribution in [0.4, 0.5) is 5.13 Å². The molecule has 2 heterocycles. The average Bonchev–Trinajstić information content (AvgIpc) is 3.50. The van der Waals surface area contributed by atoms with Gasteiger partial charge in [-0.15, -0.1) is 0 Å². The molecule has 0 atom stereocenters. The molecule has 0 aliphatic heterocycles. The van der Waals surface area contributed by atoms with Crippen molar-refractivity contribution in [2.75, 3.05) is 5.32 Å². The molecule has 0 saturated heterocycles. The highest BCUT2D eigenvalue weighted by Crippen LogP contribution is 2.27. The molecular weight excluding hydrogens is 508 g/mol. The molecule has 4 aromatic rings. The van der Waals surface area contributed by atoms with Crippen LogP contribution >= 0.6 is 46.7 Å². The molecule has 2 aromatic carbocycles. The molecule has 170 valence electrons. The fraction of sp³-hybridized carbons (Fsp3) is 0.0833. The third-order valence-electron chi connectivity index (χ3n) is 4.39. The summed E-state index contributed by atoms with van der Waals surface area (Å²) in [5.41, 5.74) is 2.18. The molecular formula is C24H17ClN4O2S3. The average molecular weight is 525 g/mol. The van der Waals surface area contributed by atoms with Crippen LogP contribution in [0.15, 0.2) is 87.0 Å². The minimum absolute atomic E-state index is 0.0858. The van der Waals surface area contributed by atoms with E-state index in [2.05, 4.69) is 14.7 Å². The number of hydrogen-bond acceptors (Lipinski definition) is 8. The van der Waals surface area contributed by atoms with Crippen LogP contribution in [0.1, 0.15) is 16.9 Å². The monoisotopic (exact) mass is 524 g/mol. The highest BCUT2D eigenvalue weighted by Gasteiger charge is 2.14. The van der Waals surface area contributed by atoms with Crippen LogP contribution in [-0.2, 0) is 16.3 Å². The molecule has 0 fully saturated rings. The summed E-state index contributed by atoms with van der Waals surface area (Å²) in [7, 11) is 0. The van der Waals surface area contributed by atoms with Crippen LogP contribution < -0.4 is 5.32 Å². The summed E-state index contributed by atoms with van der Waals surface area (Å²) in [6, 6.07) is 23.0. The third kappa shape index (κ3) is 6.98. The number of aromatic nitrogens is 2. The number of thioether (sulfide) groups is 2. The summed E-state index contributed by atoms with van der Waals surface area (Å²) in [6.07, 6.45) is 1.41. The van der Waals surface area contributed by atoms with Crippen LogP contribution in [0, 0.1) is 11.3 Å². The summed E-state index contributed by atoms with van der Waals surface area (Å²) in [4.78, 5) is 16.9. The van der Waals surface area contributed by atoms with Gasteiger partial charge in [-0.3, -0.25) is 10.1 Å². The highest BCUT2D eigenvalue weighted by atomic mass is 35.5. The first kappa shape index (κ1) is 24.1. The maximum atomic E-state index is 12.6. The predicted octanol–water partition coefficient (Wildman–Crippen LogP) is 6.91. The largest absolute Gasteiger partial charge is 0.450 e. The maximum absolute atomic E-state index is 12.6. The van der Waals surface area contributed by atoms with E-state index in [9.17, 15) is 10.1 Å². The molecule has 6 nitrogen and oxygen atoms in total. The second-order valence-corrected chi connectivity index (χ2v) is 9.96. The Kier molecular flexibility index (Phi) is 8.44. The van der Waals surface area contributed by atoms with Gasteiger partial charge in [0.15, 0.2) is 5.09 Å². The topological polar surface area (TPSA) is 91.8 Å². The van der Waals surface area contributed by atoms with Gasteiger partial charge in [0.05, 0.1) is 0 Å². The molecule has 10 heteroatoms. The van der Waals surface area contributed by atoms with Gasteiger partial charge in [-0.25, -0.2) is 0 Å². The van der Waals surface area contributed by atoms with Crippen LogP contribution in [0.3, 0.4) is 0 Å². The van der Waals surface area contributed by atoms with Crippen molar-refractivity contribution in [3.63, 3.8) is 0 Å². The van der Waals surface area contributed by atoms with E-state index in [4.69, 9.17) is 16.0 Å². The van der Waals surface area contributed by atoms with Crippen molar-refractivity contribution in [2.24, 2.45) is 0 Å². The van der Waals surface area contributed by atoms with Gasteiger partial charge in [0.1, 0.15) is 17.4 Å². The lowest BCUT2D eigenvalue weighted by molar-refractivity contribution is -0.112. The van der Waals surface area contributed by atoms with Crippen molar-refractivity contribution in [3.05, 3.63) is 94.2 Å². The zero-order valence-corrected chi connectivity index (χ0v) is 20.8. The van der Waals surface area contributed by atoms with E-state index in [-0.39, 0.29) is 5.57 Å². The Bertz CT molecular complexity index is 1330. The normalized spacial score (nSPS) is 11.2. The number of carbonyl (C=O) groups is 1. The van der Waals surface area contributed by atoms with Gasteiger partial charge >= 0.3 is 0 Å². The Morgan fingerprint density at radius 3 is 2.56 bits per heavy atom. The van der Waals surface area contributed by atoms with Crippen molar-refractivity contribution in [1.82, 2.24) is 9.36 Å². The molecule has 0 bridgehead atoms. The fourth-order valence-electron chi connectivity index (χ4n) is 2.72. The Hall–Kier alpha value is -3.03. The van der Waals surface area contributed by atoms with Crippen molar-refractivity contribution >= 4 is 63.8 Å². The molecule has 0 aliphatic rings. The van der Waals surface area contributed by atoms with Crippen LogP contribution in [-0.4, -0.2) is 15.3 Å². The SMILES string of the molecule is N#CC(=Cc1ccc(SCc2ccc(Cl)cc2)o1)C(=O)Nc1nc(SCc2ccccc2)ns1. The van der Waals surface area contributed by atoms with Crippen LogP contribution in [0.25, 0.3) is 6.08 Å². The Labute approximate surface area is 214 Å². The quantitative estimate of drug-likeness (QED) is 0.144. The Morgan fingerprint density at radius 2 is 1.79 bits per heavy atom. The molecule has 4 rings (SSSR count). The molecule has 0 unspecified atom stereocenters. The minimum atomic E-state index is -0.565. The standard InChI is InChI=1S/C24H17ClN4O2S3/c25-19-8-6-17(7-9-19)14-32-21-11-10-20(31-21)12-18(13-26)22(30)27-23-28-24(29-34-23)33-15-16-4-2-1-3-5-16/h1-12H,14-15H2,(H,27,28,29,30). The molecule has 34 heavy (non-hydrogen) atoms. The number of nitrogens with one attached hydrogen (secondary N) is 1. The molecule has 2 aromatic heterocycles. The lowest BCUT2D eigenvalue weighted by atomic mass is 10.2. The molecule has 0 spiro atoms. The first-order valence-electron chi connectivity index (χ1n) is 10.00. The second-order valence-electron chi connectivity index (χ2n) is 6.85. The zero-order valence-electron chi connectivity index (χ0n) is 17.6. The van der Waals surface area contributed by atoms with Gasteiger partial charge in [-0.05, 0) is 35.4 Å². The molecule has 0 saturated carbocycles. The first-order chi connectivity index (χ1) is 16.6. The summed E-state index contributed by atoms with van der Waals surface area (Å²) in [5, 5.41) is 14.4. The molecule has 0 aliphatic carbocycles. The number of nitriles is 1. The van der Waals surface area contributed by atoms with Crippen LogP contribution in [0.5, 0.6) is 0 Å². The lowest BCUT2D eigenvalue weighted by Gasteiger charge is -2.00. The van der Waals surface area contributed by atoms with Gasteiger partial charge in [-0.1, -0.05) is 77.6 Å². The number of furan rings is 1. The van der Waals surface area contributed by atoms with E-state index in [1.54, 1.807) is 12.1 Å². The number of halogens is 1. The van der Waals surface area contributed by atoms with E-state index >= 15 is 0 Å². The summed E-state index contributed by atoms with van der Waals surface area (Å²) < 4.78 is 10.00. The van der Waals surface area contributed by atoms with Gasteiger partial charge in [0, 0.05) is 34.1 Å². The minimum Gasteiger partial charge on any atom is -0.450 e. The van der Waals surface area contributed by atoms with Crippen molar-refractivity contribution < 1.29 is 9.21 Å². The number of amides is 1. The Balaban J connectivity index is 1.33. The summed E-state index contributed by atoms with van der Waals surface area (Å²) >= 11 is 9.97. The van der Waals surface area contributed by atoms with E-state index in [0.29, 0.717) is 31.9 Å². The first-order valence-corrected chi connectivity index (χ1v) is 13.1. The zero-order chi connectivity index (χ0) is 23.8. The highest BCUT2D eigenvalue weighted by molar-refractivity contribution is 7.98. The van der Waals surface area contributed by atoms with E-state index in [1.807, 2.05) is 60.7 Å². The van der Waals surface area contributed by atoms with Gasteiger partial charge in [-0.2, -0.15) is 14.6 Å². The number of anilines is 1. The van der Waals surface area contributed by atoms with Crippen molar-refractivity contribution in [1.29, 1.82) is 5.26 Å². The number of benzene rings is 2. The number of rotatable bonds is 9. The maximum Gasteiger partial charge on any atom is 0.268 e. The molecule has 0 radical (unpaired) electrons. The predicted molar refractivity (Wildman–Crippen MR) is 138 cm³/mol. The number of nitrogens with zero attached hydrogens (tertiary/aromatic N) is 3. The van der Waals surface area contributed by atoms with Crippen molar-refractivity contribution in [2.45, 2.75) is 21.8 Å².